The highest BCUT2D eigenvalue weighted by atomic mass is 79.9. The number of nitrogens with two attached hydrogens (primary N) is 1. The highest BCUT2D eigenvalue weighted by molar-refractivity contribution is 9.10. The molecule has 19 heavy (non-hydrogen) atoms. The molecule has 2 atom stereocenters. The van der Waals surface area contributed by atoms with Crippen LogP contribution in [-0.2, 0) is 0 Å². The summed E-state index contributed by atoms with van der Waals surface area (Å²) in [6.07, 6.45) is 3.25. The largest absolute Gasteiger partial charge is 0.334 e. The number of nitrogens with zero attached hydrogens (tertiary/aromatic N) is 1. The Labute approximate surface area is 123 Å². The molecule has 2 unspecified atom stereocenters. The Morgan fingerprint density at radius 2 is 2.21 bits per heavy atom. The molecule has 1 aromatic carbocycles. The monoisotopic (exact) mass is 324 g/mol. The van der Waals surface area contributed by atoms with Crippen LogP contribution in [0.15, 0.2) is 22.7 Å². The molecule has 0 bridgehead atoms. The van der Waals surface area contributed by atoms with Crippen LogP contribution in [0.4, 0.5) is 0 Å². The molecule has 1 fully saturated rings. The van der Waals surface area contributed by atoms with Gasteiger partial charge in [-0.2, -0.15) is 0 Å². The summed E-state index contributed by atoms with van der Waals surface area (Å²) in [7, 11) is 0. The molecule has 2 N–H and O–H groups in total. The van der Waals surface area contributed by atoms with Crippen molar-refractivity contribution in [3.8, 4) is 0 Å². The molecule has 104 valence electrons. The fraction of sp³-hybridized carbons (Fsp3) is 0.533. The summed E-state index contributed by atoms with van der Waals surface area (Å²) in [4.78, 5) is 14.6. The van der Waals surface area contributed by atoms with E-state index in [9.17, 15) is 4.79 Å². The molecular formula is C15H21BrN2O. The zero-order chi connectivity index (χ0) is 14.0. The topological polar surface area (TPSA) is 46.3 Å². The number of amides is 1. The molecule has 1 heterocycles. The number of aryl methyl sites for hydroxylation is 1. The van der Waals surface area contributed by atoms with Gasteiger partial charge >= 0.3 is 0 Å². The zero-order valence-corrected chi connectivity index (χ0v) is 13.1. The van der Waals surface area contributed by atoms with Crippen LogP contribution in [0.1, 0.15) is 42.1 Å². The Balaban J connectivity index is 2.23. The Bertz CT molecular complexity index is 473. The lowest BCUT2D eigenvalue weighted by Crippen LogP contribution is -2.51. The third-order valence-electron chi connectivity index (χ3n) is 3.82. The van der Waals surface area contributed by atoms with Crippen molar-refractivity contribution in [1.82, 2.24) is 4.90 Å². The van der Waals surface area contributed by atoms with Crippen LogP contribution in [0.2, 0.25) is 0 Å². The summed E-state index contributed by atoms with van der Waals surface area (Å²) in [5, 5.41) is 0. The minimum atomic E-state index is 0.0285. The summed E-state index contributed by atoms with van der Waals surface area (Å²) in [5.74, 6) is 0.109. The molecule has 1 amide bonds. The maximum absolute atomic E-state index is 12.6. The SMILES string of the molecule is Cc1cc(C(=O)N2CCCCC2C(C)N)ccc1Br. The van der Waals surface area contributed by atoms with Crippen molar-refractivity contribution in [2.24, 2.45) is 5.73 Å². The Morgan fingerprint density at radius 3 is 2.84 bits per heavy atom. The summed E-state index contributed by atoms with van der Waals surface area (Å²) < 4.78 is 1.03. The molecule has 1 saturated heterocycles. The van der Waals surface area contributed by atoms with Gasteiger partial charge in [0.2, 0.25) is 0 Å². The summed E-state index contributed by atoms with van der Waals surface area (Å²) in [5.41, 5.74) is 7.87. The van der Waals surface area contributed by atoms with Gasteiger partial charge in [0.25, 0.3) is 5.91 Å². The van der Waals surface area contributed by atoms with E-state index in [2.05, 4.69) is 15.9 Å². The van der Waals surface area contributed by atoms with E-state index in [0.717, 1.165) is 41.4 Å². The van der Waals surface area contributed by atoms with Gasteiger partial charge in [-0.05, 0) is 56.9 Å². The van der Waals surface area contributed by atoms with E-state index in [1.165, 1.54) is 0 Å². The number of likely N-dealkylation sites (tertiary alicyclic amines) is 1. The van der Waals surface area contributed by atoms with Crippen molar-refractivity contribution < 1.29 is 4.79 Å². The smallest absolute Gasteiger partial charge is 0.254 e. The lowest BCUT2D eigenvalue weighted by Gasteiger charge is -2.38. The van der Waals surface area contributed by atoms with Gasteiger partial charge in [-0.15, -0.1) is 0 Å². The average molecular weight is 325 g/mol. The van der Waals surface area contributed by atoms with Gasteiger partial charge < -0.3 is 10.6 Å². The Kier molecular flexibility index (Phi) is 4.63. The lowest BCUT2D eigenvalue weighted by atomic mass is 9.96. The molecule has 0 saturated carbocycles. The number of rotatable bonds is 2. The quantitative estimate of drug-likeness (QED) is 0.908. The van der Waals surface area contributed by atoms with Crippen molar-refractivity contribution in [2.75, 3.05) is 6.54 Å². The van der Waals surface area contributed by atoms with E-state index < -0.39 is 0 Å². The van der Waals surface area contributed by atoms with E-state index in [1.807, 2.05) is 36.9 Å². The first-order chi connectivity index (χ1) is 9.00. The predicted octanol–water partition coefficient (Wildman–Crippen LogP) is 3.10. The molecule has 2 rings (SSSR count). The van der Waals surface area contributed by atoms with Crippen molar-refractivity contribution in [1.29, 1.82) is 0 Å². The molecule has 3 nitrogen and oxygen atoms in total. The first-order valence-corrected chi connectivity index (χ1v) is 7.62. The maximum atomic E-state index is 12.6. The van der Waals surface area contributed by atoms with E-state index in [1.54, 1.807) is 0 Å². The summed E-state index contributed by atoms with van der Waals surface area (Å²) in [6, 6.07) is 5.96. The van der Waals surface area contributed by atoms with Crippen LogP contribution in [0.5, 0.6) is 0 Å². The number of carbonyl (C=O) groups excluding carboxylic acids is 1. The highest BCUT2D eigenvalue weighted by Gasteiger charge is 2.29. The minimum Gasteiger partial charge on any atom is -0.334 e. The molecule has 0 spiro atoms. The second kappa shape index (κ2) is 6.06. The number of halogens is 1. The first-order valence-electron chi connectivity index (χ1n) is 6.83. The van der Waals surface area contributed by atoms with Gasteiger partial charge in [-0.3, -0.25) is 4.79 Å². The Hall–Kier alpha value is -0.870. The minimum absolute atomic E-state index is 0.0285. The number of benzene rings is 1. The maximum Gasteiger partial charge on any atom is 0.254 e. The van der Waals surface area contributed by atoms with E-state index in [4.69, 9.17) is 5.73 Å². The van der Waals surface area contributed by atoms with Crippen LogP contribution >= 0.6 is 15.9 Å². The second-order valence-electron chi connectivity index (χ2n) is 5.38. The van der Waals surface area contributed by atoms with Crippen molar-refractivity contribution in [3.05, 3.63) is 33.8 Å². The van der Waals surface area contributed by atoms with Gasteiger partial charge in [0, 0.05) is 28.7 Å². The molecule has 0 aromatic heterocycles. The predicted molar refractivity (Wildman–Crippen MR) is 81.2 cm³/mol. The molecule has 1 aliphatic rings. The average Bonchev–Trinajstić information content (AvgIpc) is 2.41. The van der Waals surface area contributed by atoms with Crippen molar-refractivity contribution >= 4 is 21.8 Å². The fourth-order valence-corrected chi connectivity index (χ4v) is 2.95. The second-order valence-corrected chi connectivity index (χ2v) is 6.24. The van der Waals surface area contributed by atoms with Gasteiger partial charge in [0.1, 0.15) is 0 Å². The molecule has 0 aliphatic carbocycles. The normalized spacial score (nSPS) is 21.3. The fourth-order valence-electron chi connectivity index (χ4n) is 2.70. The lowest BCUT2D eigenvalue weighted by molar-refractivity contribution is 0.0583. The van der Waals surface area contributed by atoms with Crippen LogP contribution in [-0.4, -0.2) is 29.4 Å². The van der Waals surface area contributed by atoms with Gasteiger partial charge in [0.05, 0.1) is 0 Å². The third kappa shape index (κ3) is 3.18. The highest BCUT2D eigenvalue weighted by Crippen LogP contribution is 2.23. The van der Waals surface area contributed by atoms with Gasteiger partial charge in [0.15, 0.2) is 0 Å². The molecule has 1 aliphatic heterocycles. The molecular weight excluding hydrogens is 304 g/mol. The zero-order valence-electron chi connectivity index (χ0n) is 11.5. The standard InChI is InChI=1S/C15H21BrN2O/c1-10-9-12(6-7-13(10)16)15(19)18-8-4-3-5-14(18)11(2)17/h6-7,9,11,14H,3-5,8,17H2,1-2H3. The van der Waals surface area contributed by atoms with Crippen LogP contribution in [0.25, 0.3) is 0 Å². The third-order valence-corrected chi connectivity index (χ3v) is 4.71. The Morgan fingerprint density at radius 1 is 1.47 bits per heavy atom. The number of piperidine rings is 1. The van der Waals surface area contributed by atoms with Crippen LogP contribution < -0.4 is 5.73 Å². The van der Waals surface area contributed by atoms with Crippen molar-refractivity contribution in [2.45, 2.75) is 45.2 Å². The first kappa shape index (κ1) is 14.5. The van der Waals surface area contributed by atoms with Gasteiger partial charge in [-0.25, -0.2) is 0 Å². The number of carbonyl (C=O) groups is 1. The van der Waals surface area contributed by atoms with E-state index >= 15 is 0 Å². The van der Waals surface area contributed by atoms with Crippen LogP contribution in [0, 0.1) is 6.92 Å². The van der Waals surface area contributed by atoms with Gasteiger partial charge in [-0.1, -0.05) is 15.9 Å². The number of hydrogen-bond donors (Lipinski definition) is 1. The molecule has 0 radical (unpaired) electrons. The van der Waals surface area contributed by atoms with Crippen LogP contribution in [0.3, 0.4) is 0 Å². The van der Waals surface area contributed by atoms with E-state index in [0.29, 0.717) is 0 Å². The summed E-state index contributed by atoms with van der Waals surface area (Å²) >= 11 is 3.46. The number of hydrogen-bond acceptors (Lipinski definition) is 2. The van der Waals surface area contributed by atoms with E-state index in [-0.39, 0.29) is 18.0 Å². The van der Waals surface area contributed by atoms with Crippen molar-refractivity contribution in [3.63, 3.8) is 0 Å². The molecule has 4 heteroatoms. The molecule has 1 aromatic rings. The summed E-state index contributed by atoms with van der Waals surface area (Å²) in [6.45, 7) is 4.81.